The summed E-state index contributed by atoms with van der Waals surface area (Å²) in [4.78, 5) is 23.6. The molecule has 0 saturated heterocycles. The van der Waals surface area contributed by atoms with Crippen LogP contribution in [0.4, 0.5) is 8.78 Å². The SMILES string of the molecule is COC(=O)[C@@H](NC(=O)Cc1ccc(F)c(F)c1)[C@@H](C)CC#N. The Morgan fingerprint density at radius 1 is 1.36 bits per heavy atom. The normalized spacial score (nSPS) is 12.9. The van der Waals surface area contributed by atoms with Gasteiger partial charge in [-0.3, -0.25) is 4.79 Å². The van der Waals surface area contributed by atoms with E-state index >= 15 is 0 Å². The molecule has 0 bridgehead atoms. The minimum Gasteiger partial charge on any atom is -0.467 e. The standard InChI is InChI=1S/C15H16F2N2O3/c1-9(5-6-18)14(15(21)22-2)19-13(20)8-10-3-4-11(16)12(17)7-10/h3-4,7,9,14H,5,8H2,1-2H3,(H,19,20)/t9-,14-/m0/s1. The van der Waals surface area contributed by atoms with Crippen LogP contribution in [0.25, 0.3) is 0 Å². The number of nitrogens with one attached hydrogen (secondary N) is 1. The molecular formula is C15H16F2N2O3. The molecule has 1 amide bonds. The highest BCUT2D eigenvalue weighted by molar-refractivity contribution is 5.85. The molecule has 0 unspecified atom stereocenters. The largest absolute Gasteiger partial charge is 0.467 e. The van der Waals surface area contributed by atoms with Gasteiger partial charge in [-0.15, -0.1) is 0 Å². The molecule has 5 nitrogen and oxygen atoms in total. The molecule has 2 atom stereocenters. The first-order valence-corrected chi connectivity index (χ1v) is 6.57. The number of nitrogens with zero attached hydrogens (tertiary/aromatic N) is 1. The van der Waals surface area contributed by atoms with Gasteiger partial charge >= 0.3 is 5.97 Å². The molecule has 7 heteroatoms. The summed E-state index contributed by atoms with van der Waals surface area (Å²) in [6, 6.07) is 4.07. The fourth-order valence-corrected chi connectivity index (χ4v) is 1.88. The van der Waals surface area contributed by atoms with Crippen LogP contribution in [-0.2, 0) is 20.7 Å². The molecule has 0 heterocycles. The quantitative estimate of drug-likeness (QED) is 0.811. The van der Waals surface area contributed by atoms with Crippen LogP contribution in [-0.4, -0.2) is 25.0 Å². The van der Waals surface area contributed by atoms with Crippen molar-refractivity contribution in [2.24, 2.45) is 5.92 Å². The average molecular weight is 310 g/mol. The maximum Gasteiger partial charge on any atom is 0.328 e. The van der Waals surface area contributed by atoms with Crippen molar-refractivity contribution in [1.82, 2.24) is 5.32 Å². The Hall–Kier alpha value is -2.49. The van der Waals surface area contributed by atoms with Crippen molar-refractivity contribution in [3.63, 3.8) is 0 Å². The summed E-state index contributed by atoms with van der Waals surface area (Å²) in [5, 5.41) is 11.1. The summed E-state index contributed by atoms with van der Waals surface area (Å²) in [7, 11) is 1.18. The number of nitriles is 1. The Morgan fingerprint density at radius 2 is 2.05 bits per heavy atom. The molecule has 0 aliphatic rings. The van der Waals surface area contributed by atoms with E-state index in [1.165, 1.54) is 13.2 Å². The fraction of sp³-hybridized carbons (Fsp3) is 0.400. The first-order chi connectivity index (χ1) is 10.4. The van der Waals surface area contributed by atoms with Crippen molar-refractivity contribution in [3.05, 3.63) is 35.4 Å². The van der Waals surface area contributed by atoms with Crippen molar-refractivity contribution >= 4 is 11.9 Å². The monoisotopic (exact) mass is 310 g/mol. The third-order valence-electron chi connectivity index (χ3n) is 3.10. The highest BCUT2D eigenvalue weighted by atomic mass is 19.2. The Balaban J connectivity index is 2.76. The number of amides is 1. The van der Waals surface area contributed by atoms with Crippen LogP contribution in [0.1, 0.15) is 18.9 Å². The number of carbonyl (C=O) groups excluding carboxylic acids is 2. The number of ether oxygens (including phenoxy) is 1. The molecule has 1 aromatic rings. The van der Waals surface area contributed by atoms with Crippen molar-refractivity contribution in [3.8, 4) is 6.07 Å². The Morgan fingerprint density at radius 3 is 2.59 bits per heavy atom. The number of hydrogen-bond acceptors (Lipinski definition) is 4. The molecule has 0 saturated carbocycles. The number of esters is 1. The van der Waals surface area contributed by atoms with Gasteiger partial charge in [-0.05, 0) is 17.7 Å². The topological polar surface area (TPSA) is 79.2 Å². The van der Waals surface area contributed by atoms with Crippen LogP contribution in [0.2, 0.25) is 0 Å². The van der Waals surface area contributed by atoms with Crippen LogP contribution in [0.5, 0.6) is 0 Å². The van der Waals surface area contributed by atoms with Gasteiger partial charge in [0.1, 0.15) is 6.04 Å². The molecule has 0 spiro atoms. The van der Waals surface area contributed by atoms with Gasteiger partial charge in [0.2, 0.25) is 5.91 Å². The fourth-order valence-electron chi connectivity index (χ4n) is 1.88. The van der Waals surface area contributed by atoms with Gasteiger partial charge in [0.15, 0.2) is 11.6 Å². The van der Waals surface area contributed by atoms with Gasteiger partial charge < -0.3 is 10.1 Å². The number of rotatable bonds is 6. The van der Waals surface area contributed by atoms with E-state index < -0.39 is 35.5 Å². The lowest BCUT2D eigenvalue weighted by atomic mass is 9.98. The first kappa shape index (κ1) is 17.6. The molecule has 1 rings (SSSR count). The number of hydrogen-bond donors (Lipinski definition) is 1. The molecule has 1 aromatic carbocycles. The zero-order valence-corrected chi connectivity index (χ0v) is 12.2. The van der Waals surface area contributed by atoms with Gasteiger partial charge in [-0.1, -0.05) is 13.0 Å². The predicted molar refractivity (Wildman–Crippen MR) is 73.4 cm³/mol. The lowest BCUT2D eigenvalue weighted by Gasteiger charge is -2.21. The van der Waals surface area contributed by atoms with Gasteiger partial charge in [-0.2, -0.15) is 5.26 Å². The van der Waals surface area contributed by atoms with Crippen LogP contribution >= 0.6 is 0 Å². The Bertz CT molecular complexity index is 599. The third kappa shape index (κ3) is 4.81. The maximum atomic E-state index is 13.1. The molecule has 0 aliphatic carbocycles. The van der Waals surface area contributed by atoms with E-state index in [0.29, 0.717) is 0 Å². The van der Waals surface area contributed by atoms with E-state index in [2.05, 4.69) is 10.1 Å². The molecule has 0 aliphatic heterocycles. The smallest absolute Gasteiger partial charge is 0.328 e. The predicted octanol–water partition coefficient (Wildman–Crippen LogP) is 1.71. The van der Waals surface area contributed by atoms with Gasteiger partial charge in [0.25, 0.3) is 0 Å². The average Bonchev–Trinajstić information content (AvgIpc) is 2.48. The summed E-state index contributed by atoms with van der Waals surface area (Å²) in [6.07, 6.45) is -0.158. The van der Waals surface area contributed by atoms with Crippen molar-refractivity contribution in [2.75, 3.05) is 7.11 Å². The zero-order chi connectivity index (χ0) is 16.7. The van der Waals surface area contributed by atoms with Crippen molar-refractivity contribution in [1.29, 1.82) is 5.26 Å². The van der Waals surface area contributed by atoms with E-state index in [4.69, 9.17) is 5.26 Å². The number of methoxy groups -OCH3 is 1. The molecule has 0 radical (unpaired) electrons. The highest BCUT2D eigenvalue weighted by Crippen LogP contribution is 2.12. The third-order valence-corrected chi connectivity index (χ3v) is 3.10. The van der Waals surface area contributed by atoms with E-state index in [9.17, 15) is 18.4 Å². The minimum absolute atomic E-state index is 0.0607. The second-order valence-corrected chi connectivity index (χ2v) is 4.83. The van der Waals surface area contributed by atoms with Crippen molar-refractivity contribution < 1.29 is 23.1 Å². The summed E-state index contributed by atoms with van der Waals surface area (Å²) in [5.41, 5.74) is 0.271. The molecule has 1 N–H and O–H groups in total. The molecule has 118 valence electrons. The van der Waals surface area contributed by atoms with Crippen LogP contribution in [0.3, 0.4) is 0 Å². The summed E-state index contributed by atoms with van der Waals surface area (Å²) in [5.74, 6) is -3.70. The zero-order valence-electron chi connectivity index (χ0n) is 12.2. The Kier molecular flexibility index (Phi) is 6.45. The van der Waals surface area contributed by atoms with E-state index in [0.717, 1.165) is 12.1 Å². The van der Waals surface area contributed by atoms with Crippen molar-refractivity contribution in [2.45, 2.75) is 25.8 Å². The molecule has 0 fully saturated rings. The lowest BCUT2D eigenvalue weighted by Crippen LogP contribution is -2.46. The minimum atomic E-state index is -1.05. The molecule has 22 heavy (non-hydrogen) atoms. The summed E-state index contributed by atoms with van der Waals surface area (Å²) in [6.45, 7) is 1.63. The van der Waals surface area contributed by atoms with E-state index in [1.807, 2.05) is 6.07 Å². The second kappa shape index (κ2) is 8.08. The second-order valence-electron chi connectivity index (χ2n) is 4.83. The molecular weight excluding hydrogens is 294 g/mol. The number of benzene rings is 1. The number of carbonyl (C=O) groups is 2. The Labute approximate surface area is 126 Å². The van der Waals surface area contributed by atoms with Gasteiger partial charge in [0.05, 0.1) is 19.6 Å². The van der Waals surface area contributed by atoms with Crippen LogP contribution < -0.4 is 5.32 Å². The summed E-state index contributed by atoms with van der Waals surface area (Å²) < 4.78 is 30.5. The van der Waals surface area contributed by atoms with Gasteiger partial charge in [-0.25, -0.2) is 13.6 Å². The number of halogens is 2. The maximum absolute atomic E-state index is 13.1. The lowest BCUT2D eigenvalue weighted by molar-refractivity contribution is -0.146. The highest BCUT2D eigenvalue weighted by Gasteiger charge is 2.27. The summed E-state index contributed by atoms with van der Waals surface area (Å²) >= 11 is 0. The van der Waals surface area contributed by atoms with E-state index in [-0.39, 0.29) is 18.4 Å². The van der Waals surface area contributed by atoms with Crippen LogP contribution in [0.15, 0.2) is 18.2 Å². The molecule has 0 aromatic heterocycles. The first-order valence-electron chi connectivity index (χ1n) is 6.57. The van der Waals surface area contributed by atoms with E-state index in [1.54, 1.807) is 6.92 Å². The van der Waals surface area contributed by atoms with Gasteiger partial charge in [0, 0.05) is 12.3 Å². The van der Waals surface area contributed by atoms with Crippen LogP contribution in [0, 0.1) is 28.9 Å².